The van der Waals surface area contributed by atoms with Crippen LogP contribution < -0.4 is 4.31 Å². The first-order valence-electron chi connectivity index (χ1n) is 8.71. The average molecular weight is 364 g/mol. The van der Waals surface area contributed by atoms with Gasteiger partial charge in [-0.15, -0.1) is 0 Å². The second kappa shape index (κ2) is 6.92. The van der Waals surface area contributed by atoms with Crippen molar-refractivity contribution < 1.29 is 8.42 Å². The molecular weight excluding hydrogens is 344 g/mol. The van der Waals surface area contributed by atoms with E-state index in [9.17, 15) is 8.42 Å². The summed E-state index contributed by atoms with van der Waals surface area (Å²) in [6.45, 7) is 0.520. The number of fused-ring (bicyclic) bond motifs is 1. The standard InChI is InChI=1S/C21H20N2O2S/c24-26(25,15-11-17-4-2-1-3-5-17)23-14-10-20-16-19(6-7-21(20)23)18-8-12-22-13-9-18/h1-9,12-13,16H,10-11,14-15H2. The van der Waals surface area contributed by atoms with Gasteiger partial charge in [-0.25, -0.2) is 8.42 Å². The van der Waals surface area contributed by atoms with E-state index in [4.69, 9.17) is 0 Å². The third-order valence-electron chi connectivity index (χ3n) is 4.77. The first-order chi connectivity index (χ1) is 12.6. The fraction of sp³-hybridized carbons (Fsp3) is 0.190. The van der Waals surface area contributed by atoms with Gasteiger partial charge in [-0.3, -0.25) is 9.29 Å². The number of nitrogens with zero attached hydrogens (tertiary/aromatic N) is 2. The predicted molar refractivity (Wildman–Crippen MR) is 105 cm³/mol. The van der Waals surface area contributed by atoms with Crippen LogP contribution in [0, 0.1) is 0 Å². The van der Waals surface area contributed by atoms with Crippen molar-refractivity contribution in [2.75, 3.05) is 16.6 Å². The number of sulfonamides is 1. The Morgan fingerprint density at radius 1 is 0.923 bits per heavy atom. The summed E-state index contributed by atoms with van der Waals surface area (Å²) in [6, 6.07) is 19.7. The zero-order valence-corrected chi connectivity index (χ0v) is 15.2. The molecule has 0 N–H and O–H groups in total. The molecule has 2 aromatic carbocycles. The fourth-order valence-corrected chi connectivity index (χ4v) is 4.95. The van der Waals surface area contributed by atoms with E-state index in [2.05, 4.69) is 11.1 Å². The lowest BCUT2D eigenvalue weighted by Gasteiger charge is -2.20. The van der Waals surface area contributed by atoms with Gasteiger partial charge < -0.3 is 0 Å². The number of benzene rings is 2. The van der Waals surface area contributed by atoms with Crippen LogP contribution in [0.1, 0.15) is 11.1 Å². The highest BCUT2D eigenvalue weighted by molar-refractivity contribution is 7.92. The Morgan fingerprint density at radius 3 is 2.46 bits per heavy atom. The number of aromatic nitrogens is 1. The normalized spacial score (nSPS) is 13.6. The molecule has 0 spiro atoms. The Balaban J connectivity index is 1.55. The molecule has 4 rings (SSSR count). The van der Waals surface area contributed by atoms with E-state index < -0.39 is 10.0 Å². The van der Waals surface area contributed by atoms with E-state index in [1.54, 1.807) is 16.7 Å². The van der Waals surface area contributed by atoms with Crippen LogP contribution in [0.5, 0.6) is 0 Å². The molecule has 0 saturated heterocycles. The van der Waals surface area contributed by atoms with Crippen molar-refractivity contribution in [1.29, 1.82) is 0 Å². The monoisotopic (exact) mass is 364 g/mol. The summed E-state index contributed by atoms with van der Waals surface area (Å²) < 4.78 is 27.3. The third-order valence-corrected chi connectivity index (χ3v) is 6.54. The van der Waals surface area contributed by atoms with Gasteiger partial charge in [0.05, 0.1) is 11.4 Å². The Labute approximate surface area is 154 Å². The molecule has 0 amide bonds. The van der Waals surface area contributed by atoms with E-state index in [-0.39, 0.29) is 5.75 Å². The maximum Gasteiger partial charge on any atom is 0.235 e. The van der Waals surface area contributed by atoms with Crippen LogP contribution in [0.15, 0.2) is 73.1 Å². The van der Waals surface area contributed by atoms with Crippen LogP contribution >= 0.6 is 0 Å². The molecule has 26 heavy (non-hydrogen) atoms. The molecule has 4 nitrogen and oxygen atoms in total. The van der Waals surface area contributed by atoms with Crippen molar-refractivity contribution in [2.45, 2.75) is 12.8 Å². The van der Waals surface area contributed by atoms with Crippen molar-refractivity contribution in [1.82, 2.24) is 4.98 Å². The number of hydrogen-bond donors (Lipinski definition) is 0. The number of hydrogen-bond acceptors (Lipinski definition) is 3. The van der Waals surface area contributed by atoms with Gasteiger partial charge in [0.2, 0.25) is 10.0 Å². The molecule has 0 radical (unpaired) electrons. The van der Waals surface area contributed by atoms with Gasteiger partial charge in [0, 0.05) is 18.9 Å². The van der Waals surface area contributed by atoms with Crippen LogP contribution in [0.25, 0.3) is 11.1 Å². The van der Waals surface area contributed by atoms with Crippen molar-refractivity contribution in [3.05, 3.63) is 84.2 Å². The fourth-order valence-electron chi connectivity index (χ4n) is 3.39. The summed E-state index contributed by atoms with van der Waals surface area (Å²) >= 11 is 0. The minimum atomic E-state index is -3.33. The van der Waals surface area contributed by atoms with Crippen LogP contribution in [0.2, 0.25) is 0 Å². The maximum absolute atomic E-state index is 12.8. The average Bonchev–Trinajstić information content (AvgIpc) is 3.12. The smallest absolute Gasteiger partial charge is 0.235 e. The van der Waals surface area contributed by atoms with E-state index in [0.29, 0.717) is 13.0 Å². The maximum atomic E-state index is 12.8. The lowest BCUT2D eigenvalue weighted by Crippen LogP contribution is -2.32. The van der Waals surface area contributed by atoms with E-state index >= 15 is 0 Å². The highest BCUT2D eigenvalue weighted by Crippen LogP contribution is 2.34. The lowest BCUT2D eigenvalue weighted by atomic mass is 10.0. The summed E-state index contributed by atoms with van der Waals surface area (Å²) in [7, 11) is -3.33. The first-order valence-corrected chi connectivity index (χ1v) is 10.3. The molecule has 1 aliphatic rings. The van der Waals surface area contributed by atoms with Gasteiger partial charge in [-0.2, -0.15) is 0 Å². The Morgan fingerprint density at radius 2 is 1.69 bits per heavy atom. The van der Waals surface area contributed by atoms with Crippen LogP contribution in [-0.2, 0) is 22.9 Å². The Hall–Kier alpha value is -2.66. The second-order valence-electron chi connectivity index (χ2n) is 6.45. The Kier molecular flexibility index (Phi) is 4.47. The summed E-state index contributed by atoms with van der Waals surface area (Å²) in [4.78, 5) is 4.05. The topological polar surface area (TPSA) is 50.3 Å². The number of anilines is 1. The third kappa shape index (κ3) is 3.35. The molecule has 0 aliphatic carbocycles. The molecule has 2 heterocycles. The summed E-state index contributed by atoms with van der Waals surface area (Å²) in [6.07, 6.45) is 4.81. The van der Waals surface area contributed by atoms with Crippen molar-refractivity contribution in [3.63, 3.8) is 0 Å². The number of rotatable bonds is 5. The lowest BCUT2D eigenvalue weighted by molar-refractivity contribution is 0.591. The van der Waals surface area contributed by atoms with Gasteiger partial charge in [-0.05, 0) is 59.4 Å². The SMILES string of the molecule is O=S(=O)(CCc1ccccc1)N1CCc2cc(-c3ccncc3)ccc21. The minimum absolute atomic E-state index is 0.128. The highest BCUT2D eigenvalue weighted by Gasteiger charge is 2.29. The van der Waals surface area contributed by atoms with Crippen LogP contribution in [0.3, 0.4) is 0 Å². The minimum Gasteiger partial charge on any atom is -0.270 e. The second-order valence-corrected chi connectivity index (χ2v) is 8.47. The zero-order valence-electron chi connectivity index (χ0n) is 14.4. The van der Waals surface area contributed by atoms with Gasteiger partial charge in [0.15, 0.2) is 0 Å². The van der Waals surface area contributed by atoms with Gasteiger partial charge in [0.1, 0.15) is 0 Å². The van der Waals surface area contributed by atoms with E-state index in [0.717, 1.165) is 34.4 Å². The molecule has 1 aliphatic heterocycles. The largest absolute Gasteiger partial charge is 0.270 e. The van der Waals surface area contributed by atoms with Crippen LogP contribution in [-0.4, -0.2) is 25.7 Å². The molecular formula is C21H20N2O2S. The highest BCUT2D eigenvalue weighted by atomic mass is 32.2. The van der Waals surface area contributed by atoms with Crippen molar-refractivity contribution >= 4 is 15.7 Å². The summed E-state index contributed by atoms with van der Waals surface area (Å²) in [5, 5.41) is 0. The number of pyridine rings is 1. The quantitative estimate of drug-likeness (QED) is 0.694. The van der Waals surface area contributed by atoms with Gasteiger partial charge >= 0.3 is 0 Å². The van der Waals surface area contributed by atoms with E-state index in [1.807, 2.05) is 54.6 Å². The Bertz CT molecular complexity index is 1000. The number of aryl methyl sites for hydroxylation is 1. The van der Waals surface area contributed by atoms with Gasteiger partial charge in [0.25, 0.3) is 0 Å². The first kappa shape index (κ1) is 16.8. The van der Waals surface area contributed by atoms with Crippen LogP contribution in [0.4, 0.5) is 5.69 Å². The van der Waals surface area contributed by atoms with Crippen molar-refractivity contribution in [2.24, 2.45) is 0 Å². The molecule has 1 aromatic heterocycles. The summed E-state index contributed by atoms with van der Waals surface area (Å²) in [5.41, 5.74) is 5.13. The molecule has 0 unspecified atom stereocenters. The predicted octanol–water partition coefficient (Wildman–Crippen LogP) is 3.68. The molecule has 132 valence electrons. The molecule has 5 heteroatoms. The van der Waals surface area contributed by atoms with Gasteiger partial charge in [-0.1, -0.05) is 36.4 Å². The molecule has 0 saturated carbocycles. The van der Waals surface area contributed by atoms with E-state index in [1.165, 1.54) is 0 Å². The summed E-state index contributed by atoms with van der Waals surface area (Å²) in [5.74, 6) is 0.128. The molecule has 0 atom stereocenters. The molecule has 0 bridgehead atoms. The van der Waals surface area contributed by atoms with Crippen molar-refractivity contribution in [3.8, 4) is 11.1 Å². The molecule has 0 fully saturated rings. The zero-order chi connectivity index (χ0) is 18.0. The molecule has 3 aromatic rings.